The number of aliphatic hydroxyl groups excluding tert-OH is 1. The Balaban J connectivity index is 0.00000132. The van der Waals surface area contributed by atoms with Gasteiger partial charge in [-0.15, -0.1) is 0 Å². The van der Waals surface area contributed by atoms with E-state index < -0.39 is 11.5 Å². The van der Waals surface area contributed by atoms with Crippen molar-refractivity contribution < 1.29 is 20.5 Å². The highest BCUT2D eigenvalue weighted by Gasteiger charge is 2.58. The number of carbonyl (C=O) groups excluding carboxylic acids is 1. The van der Waals surface area contributed by atoms with Crippen LogP contribution >= 0.6 is 0 Å². The number of piperidine rings is 1. The van der Waals surface area contributed by atoms with Crippen molar-refractivity contribution in [2.75, 3.05) is 6.54 Å². The van der Waals surface area contributed by atoms with Crippen molar-refractivity contribution in [2.45, 2.75) is 43.2 Å². The second-order valence-electron chi connectivity index (χ2n) is 6.35. The van der Waals surface area contributed by atoms with E-state index in [-0.39, 0.29) is 29.0 Å². The third-order valence-corrected chi connectivity index (χ3v) is 5.59. The molecule has 1 saturated carbocycles. The maximum absolute atomic E-state index is 12.8. The number of phenols is 1. The molecule has 4 rings (SSSR count). The van der Waals surface area contributed by atoms with Crippen molar-refractivity contribution in [2.24, 2.45) is 5.92 Å². The first-order valence-electron chi connectivity index (χ1n) is 7.41. The van der Waals surface area contributed by atoms with E-state index in [1.165, 1.54) is 0 Å². The SMILES string of the molecule is O.O=C1C(O)CC[C@H]2[C@H]3Cc4c(O)cccc4[C@@]12CCN3. The molecule has 0 amide bonds. The van der Waals surface area contributed by atoms with Crippen molar-refractivity contribution in [3.8, 4) is 5.75 Å². The van der Waals surface area contributed by atoms with Crippen molar-refractivity contribution in [1.82, 2.24) is 5.32 Å². The molecule has 2 bridgehead atoms. The van der Waals surface area contributed by atoms with Crippen LogP contribution < -0.4 is 5.32 Å². The molecule has 21 heavy (non-hydrogen) atoms. The van der Waals surface area contributed by atoms with E-state index in [1.54, 1.807) is 6.07 Å². The summed E-state index contributed by atoms with van der Waals surface area (Å²) >= 11 is 0. The molecule has 1 aliphatic heterocycles. The number of aromatic hydroxyl groups is 1. The molecule has 4 atom stereocenters. The highest BCUT2D eigenvalue weighted by molar-refractivity contribution is 5.96. The molecule has 0 aromatic heterocycles. The smallest absolute Gasteiger partial charge is 0.172 e. The van der Waals surface area contributed by atoms with Crippen molar-refractivity contribution >= 4 is 5.78 Å². The molecule has 1 unspecified atom stereocenters. The highest BCUT2D eigenvalue weighted by Crippen LogP contribution is 2.53. The zero-order valence-electron chi connectivity index (χ0n) is 11.8. The van der Waals surface area contributed by atoms with E-state index in [9.17, 15) is 15.0 Å². The van der Waals surface area contributed by atoms with Crippen molar-refractivity contribution in [3.63, 3.8) is 0 Å². The zero-order valence-corrected chi connectivity index (χ0v) is 11.8. The van der Waals surface area contributed by atoms with Crippen LogP contribution in [0, 0.1) is 5.92 Å². The summed E-state index contributed by atoms with van der Waals surface area (Å²) in [5.74, 6) is 0.495. The lowest BCUT2D eigenvalue weighted by molar-refractivity contribution is -0.143. The molecule has 0 spiro atoms. The van der Waals surface area contributed by atoms with Gasteiger partial charge in [0.1, 0.15) is 11.9 Å². The predicted octanol–water partition coefficient (Wildman–Crippen LogP) is 0.0633. The van der Waals surface area contributed by atoms with Crippen LogP contribution in [0.25, 0.3) is 0 Å². The van der Waals surface area contributed by atoms with E-state index >= 15 is 0 Å². The largest absolute Gasteiger partial charge is 0.508 e. The minimum Gasteiger partial charge on any atom is -0.508 e. The highest BCUT2D eigenvalue weighted by atomic mass is 16.3. The van der Waals surface area contributed by atoms with E-state index in [2.05, 4.69) is 5.32 Å². The Kier molecular flexibility index (Phi) is 3.31. The summed E-state index contributed by atoms with van der Waals surface area (Å²) in [5.41, 5.74) is 1.27. The van der Waals surface area contributed by atoms with Crippen LogP contribution in [-0.2, 0) is 16.6 Å². The van der Waals surface area contributed by atoms with E-state index in [0.29, 0.717) is 6.42 Å². The Morgan fingerprint density at radius 1 is 1.29 bits per heavy atom. The molecule has 0 radical (unpaired) electrons. The normalized spacial score (nSPS) is 37.2. The first-order valence-corrected chi connectivity index (χ1v) is 7.41. The number of benzene rings is 1. The van der Waals surface area contributed by atoms with Crippen LogP contribution in [0.15, 0.2) is 18.2 Å². The number of Topliss-reactive ketones (excluding diaryl/α,β-unsaturated/α-hetero) is 1. The molecule has 5 N–H and O–H groups in total. The third kappa shape index (κ3) is 1.71. The number of carbonyl (C=O) groups is 1. The summed E-state index contributed by atoms with van der Waals surface area (Å²) < 4.78 is 0. The number of phenolic OH excluding ortho intramolecular Hbond substituents is 1. The predicted molar refractivity (Wildman–Crippen MR) is 77.2 cm³/mol. The fraction of sp³-hybridized carbons (Fsp3) is 0.562. The van der Waals surface area contributed by atoms with Gasteiger partial charge in [-0.2, -0.15) is 0 Å². The molecule has 5 heteroatoms. The van der Waals surface area contributed by atoms with Crippen molar-refractivity contribution in [3.05, 3.63) is 29.3 Å². The fourth-order valence-electron chi connectivity index (χ4n) is 4.75. The molecule has 1 heterocycles. The van der Waals surface area contributed by atoms with Gasteiger partial charge in [-0.05, 0) is 55.3 Å². The van der Waals surface area contributed by atoms with E-state index in [4.69, 9.17) is 0 Å². The monoisotopic (exact) mass is 291 g/mol. The van der Waals surface area contributed by atoms with Crippen LogP contribution in [0.4, 0.5) is 0 Å². The van der Waals surface area contributed by atoms with Crippen molar-refractivity contribution in [1.29, 1.82) is 0 Å². The lowest BCUT2D eigenvalue weighted by Crippen LogP contribution is -2.65. The van der Waals surface area contributed by atoms with Crippen LogP contribution in [0.3, 0.4) is 0 Å². The second kappa shape index (κ2) is 4.80. The molecule has 2 aliphatic carbocycles. The minimum atomic E-state index is -0.849. The number of aliphatic hydroxyl groups is 1. The average Bonchev–Trinajstić information content (AvgIpc) is 2.44. The van der Waals surface area contributed by atoms with Gasteiger partial charge in [0.05, 0.1) is 5.41 Å². The van der Waals surface area contributed by atoms with Crippen LogP contribution in [0.1, 0.15) is 30.4 Å². The number of ketones is 1. The van der Waals surface area contributed by atoms with Gasteiger partial charge >= 0.3 is 0 Å². The van der Waals surface area contributed by atoms with Gasteiger partial charge in [-0.1, -0.05) is 12.1 Å². The topological polar surface area (TPSA) is 101 Å². The Hall–Kier alpha value is -1.43. The molecule has 5 nitrogen and oxygen atoms in total. The Bertz CT molecular complexity index is 588. The summed E-state index contributed by atoms with van der Waals surface area (Å²) in [7, 11) is 0. The van der Waals surface area contributed by atoms with Crippen LogP contribution in [-0.4, -0.2) is 40.2 Å². The third-order valence-electron chi connectivity index (χ3n) is 5.59. The fourth-order valence-corrected chi connectivity index (χ4v) is 4.75. The van der Waals surface area contributed by atoms with Gasteiger partial charge in [0, 0.05) is 6.04 Å². The van der Waals surface area contributed by atoms with Crippen LogP contribution in [0.5, 0.6) is 5.75 Å². The number of rotatable bonds is 0. The lowest BCUT2D eigenvalue weighted by Gasteiger charge is -2.55. The lowest BCUT2D eigenvalue weighted by atomic mass is 9.51. The maximum Gasteiger partial charge on any atom is 0.172 e. The number of hydrogen-bond donors (Lipinski definition) is 3. The molecule has 114 valence electrons. The van der Waals surface area contributed by atoms with Crippen LogP contribution in [0.2, 0.25) is 0 Å². The molecular formula is C16H21NO4. The van der Waals surface area contributed by atoms with Gasteiger partial charge < -0.3 is 21.0 Å². The Morgan fingerprint density at radius 3 is 2.90 bits per heavy atom. The molecule has 1 aromatic rings. The molecule has 1 saturated heterocycles. The van der Waals surface area contributed by atoms with E-state index in [1.807, 2.05) is 12.1 Å². The maximum atomic E-state index is 12.8. The van der Waals surface area contributed by atoms with E-state index in [0.717, 1.165) is 36.9 Å². The minimum absolute atomic E-state index is 0. The number of fused-ring (bicyclic) bond motifs is 1. The van der Waals surface area contributed by atoms with Gasteiger partial charge in [0.2, 0.25) is 0 Å². The first-order chi connectivity index (χ1) is 9.64. The number of hydrogen-bond acceptors (Lipinski definition) is 4. The number of nitrogens with one attached hydrogen (secondary N) is 1. The summed E-state index contributed by atoms with van der Waals surface area (Å²) in [5, 5.41) is 23.7. The molecule has 1 aromatic carbocycles. The van der Waals surface area contributed by atoms with Gasteiger partial charge in [-0.25, -0.2) is 0 Å². The molecular weight excluding hydrogens is 270 g/mol. The molecule has 3 aliphatic rings. The quantitative estimate of drug-likeness (QED) is 0.629. The summed E-state index contributed by atoms with van der Waals surface area (Å²) in [4.78, 5) is 12.8. The second-order valence-corrected chi connectivity index (χ2v) is 6.35. The summed E-state index contributed by atoms with van der Waals surface area (Å²) in [6.07, 6.45) is 2.09. The Morgan fingerprint density at radius 2 is 2.10 bits per heavy atom. The Labute approximate surface area is 123 Å². The van der Waals surface area contributed by atoms with Gasteiger partial charge in [-0.3, -0.25) is 4.79 Å². The molecule has 2 fully saturated rings. The zero-order chi connectivity index (χ0) is 13.9. The average molecular weight is 291 g/mol. The first kappa shape index (κ1) is 14.5. The standard InChI is InChI=1S/C16H19NO3.H2O/c18-13-3-1-2-10-9(13)8-12-11-4-5-14(19)15(20)16(10,11)6-7-17-12;/h1-3,11-12,14,17-19H,4-8H2;1H2/t11-,12+,14?,16+;/m0./s1. The van der Waals surface area contributed by atoms with Gasteiger partial charge in [0.15, 0.2) is 5.78 Å². The summed E-state index contributed by atoms with van der Waals surface area (Å²) in [6, 6.07) is 5.71. The summed E-state index contributed by atoms with van der Waals surface area (Å²) in [6.45, 7) is 0.800. The van der Waals surface area contributed by atoms with Gasteiger partial charge in [0.25, 0.3) is 0 Å².